The van der Waals surface area contributed by atoms with Crippen molar-refractivity contribution < 1.29 is 0 Å². The van der Waals surface area contributed by atoms with Crippen molar-refractivity contribution in [3.8, 4) is 0 Å². The molecule has 0 bridgehead atoms. The summed E-state index contributed by atoms with van der Waals surface area (Å²) >= 11 is 0. The molecular formula is C33H58. The molecule has 0 atom stereocenters. The maximum absolute atomic E-state index is 2.41. The van der Waals surface area contributed by atoms with E-state index < -0.39 is 0 Å². The normalized spacial score (nSPS) is 46.4. The average Bonchev–Trinajstić information content (AvgIpc) is 2.85. The van der Waals surface area contributed by atoms with Crippen LogP contribution >= 0.6 is 0 Å². The van der Waals surface area contributed by atoms with E-state index in [9.17, 15) is 0 Å². The zero-order valence-electron chi connectivity index (χ0n) is 22.7. The van der Waals surface area contributed by atoms with Crippen LogP contribution in [0.4, 0.5) is 0 Å². The van der Waals surface area contributed by atoms with Crippen molar-refractivity contribution in [2.45, 2.75) is 162 Å². The second-order valence-electron chi connectivity index (χ2n) is 14.5. The fourth-order valence-electron chi connectivity index (χ4n) is 10.4. The van der Waals surface area contributed by atoms with E-state index in [0.717, 1.165) is 46.3 Å². The molecule has 5 fully saturated rings. The molecule has 0 unspecified atom stereocenters. The third kappa shape index (κ3) is 5.71. The van der Waals surface area contributed by atoms with E-state index >= 15 is 0 Å². The van der Waals surface area contributed by atoms with Crippen LogP contribution in [0.1, 0.15) is 162 Å². The molecule has 0 aromatic carbocycles. The molecule has 0 aromatic rings. The molecule has 5 aliphatic carbocycles. The Hall–Kier alpha value is 0. The minimum Gasteiger partial charge on any atom is -0.0654 e. The highest BCUT2D eigenvalue weighted by molar-refractivity contribution is 5.07. The van der Waals surface area contributed by atoms with Crippen molar-refractivity contribution >= 4 is 0 Å². The van der Waals surface area contributed by atoms with Gasteiger partial charge < -0.3 is 0 Å². The van der Waals surface area contributed by atoms with Crippen LogP contribution in [-0.4, -0.2) is 0 Å². The first-order valence-corrected chi connectivity index (χ1v) is 16.1. The van der Waals surface area contributed by atoms with Crippen molar-refractivity contribution in [3.05, 3.63) is 0 Å². The van der Waals surface area contributed by atoms with Gasteiger partial charge in [0, 0.05) is 0 Å². The van der Waals surface area contributed by atoms with Gasteiger partial charge in [-0.3, -0.25) is 0 Å². The Balaban J connectivity index is 1.00. The van der Waals surface area contributed by atoms with Crippen molar-refractivity contribution in [1.82, 2.24) is 0 Å². The summed E-state index contributed by atoms with van der Waals surface area (Å²) in [5, 5.41) is 0. The summed E-state index contributed by atoms with van der Waals surface area (Å²) in [6.45, 7) is 4.76. The van der Waals surface area contributed by atoms with E-state index in [4.69, 9.17) is 0 Å². The van der Waals surface area contributed by atoms with Gasteiger partial charge in [-0.25, -0.2) is 0 Å². The Morgan fingerprint density at radius 1 is 0.485 bits per heavy atom. The van der Waals surface area contributed by atoms with Gasteiger partial charge in [0.25, 0.3) is 0 Å². The van der Waals surface area contributed by atoms with Crippen LogP contribution in [0, 0.1) is 46.3 Å². The highest BCUT2D eigenvalue weighted by Gasteiger charge is 2.56. The van der Waals surface area contributed by atoms with Gasteiger partial charge in [0.05, 0.1) is 0 Å². The lowest BCUT2D eigenvalue weighted by Gasteiger charge is -2.62. The van der Waals surface area contributed by atoms with Crippen LogP contribution in [0.2, 0.25) is 0 Å². The van der Waals surface area contributed by atoms with E-state index in [0.29, 0.717) is 0 Å². The van der Waals surface area contributed by atoms with Gasteiger partial charge in [0.2, 0.25) is 0 Å². The van der Waals surface area contributed by atoms with Crippen LogP contribution in [0.25, 0.3) is 0 Å². The number of rotatable bonds is 7. The fraction of sp³-hybridized carbons (Fsp3) is 1.00. The first-order chi connectivity index (χ1) is 16.1. The summed E-state index contributed by atoms with van der Waals surface area (Å²) in [6.07, 6.45) is 36.0. The molecule has 0 aromatic heterocycles. The van der Waals surface area contributed by atoms with Gasteiger partial charge in [-0.05, 0) is 136 Å². The molecule has 33 heavy (non-hydrogen) atoms. The van der Waals surface area contributed by atoms with Gasteiger partial charge in [0.15, 0.2) is 0 Å². The standard InChI is InChI=1S/C33H58/c1-3-5-6-7-27-10-14-29(15-11-27)31-18-22-33(23-19-31)24-32(25-33)20-16-30(17-21-32)28-12-8-26(4-2)9-13-28/h26-31H,3-25H2,1-2H3. The molecular weight excluding hydrogens is 396 g/mol. The van der Waals surface area contributed by atoms with Crippen molar-refractivity contribution in [2.24, 2.45) is 46.3 Å². The molecule has 2 spiro atoms. The SMILES string of the molecule is CCCCCC1CCC(C2CCC3(CC2)CC2(CCC(C4CCC(CC)CC4)CC2)C3)CC1. The van der Waals surface area contributed by atoms with Crippen LogP contribution in [0.3, 0.4) is 0 Å². The predicted molar refractivity (Wildman–Crippen MR) is 143 cm³/mol. The summed E-state index contributed by atoms with van der Waals surface area (Å²) in [5.41, 5.74) is 1.64. The van der Waals surface area contributed by atoms with Crippen LogP contribution in [0.5, 0.6) is 0 Å². The first-order valence-electron chi connectivity index (χ1n) is 16.1. The summed E-state index contributed by atoms with van der Waals surface area (Å²) in [6, 6.07) is 0. The highest BCUT2D eigenvalue weighted by Crippen LogP contribution is 2.67. The van der Waals surface area contributed by atoms with E-state index in [-0.39, 0.29) is 0 Å². The molecule has 0 heterocycles. The minimum absolute atomic E-state index is 0.819. The maximum Gasteiger partial charge on any atom is -0.0287 e. The van der Waals surface area contributed by atoms with Crippen LogP contribution in [-0.2, 0) is 0 Å². The van der Waals surface area contributed by atoms with E-state index in [1.54, 1.807) is 116 Å². The number of unbranched alkanes of at least 4 members (excludes halogenated alkanes) is 2. The fourth-order valence-corrected chi connectivity index (χ4v) is 10.4. The third-order valence-electron chi connectivity index (χ3n) is 12.6. The molecule has 5 rings (SSSR count). The van der Waals surface area contributed by atoms with Crippen LogP contribution in [0.15, 0.2) is 0 Å². The Labute approximate surface area is 207 Å². The van der Waals surface area contributed by atoms with Gasteiger partial charge >= 0.3 is 0 Å². The second kappa shape index (κ2) is 10.9. The average molecular weight is 455 g/mol. The summed E-state index contributed by atoms with van der Waals surface area (Å²) in [7, 11) is 0. The lowest BCUT2D eigenvalue weighted by atomic mass is 9.43. The summed E-state index contributed by atoms with van der Waals surface area (Å²) in [4.78, 5) is 0. The van der Waals surface area contributed by atoms with Crippen LogP contribution < -0.4 is 0 Å². The third-order valence-corrected chi connectivity index (χ3v) is 12.6. The van der Waals surface area contributed by atoms with Gasteiger partial charge in [-0.1, -0.05) is 71.6 Å². The molecule has 0 aliphatic heterocycles. The Morgan fingerprint density at radius 3 is 1.33 bits per heavy atom. The Kier molecular flexibility index (Phi) is 8.19. The monoisotopic (exact) mass is 454 g/mol. The molecule has 190 valence electrons. The van der Waals surface area contributed by atoms with Gasteiger partial charge in [-0.2, -0.15) is 0 Å². The van der Waals surface area contributed by atoms with E-state index in [1.807, 2.05) is 0 Å². The molecule has 0 N–H and O–H groups in total. The smallest absolute Gasteiger partial charge is 0.0287 e. The minimum atomic E-state index is 0.819. The van der Waals surface area contributed by atoms with Gasteiger partial charge in [-0.15, -0.1) is 0 Å². The molecule has 0 amide bonds. The number of hydrogen-bond acceptors (Lipinski definition) is 0. The lowest BCUT2D eigenvalue weighted by molar-refractivity contribution is -0.109. The Bertz CT molecular complexity index is 561. The largest absolute Gasteiger partial charge is 0.0654 e. The van der Waals surface area contributed by atoms with E-state index in [1.165, 1.54) is 32.1 Å². The molecule has 5 saturated carbocycles. The first kappa shape index (κ1) is 24.7. The van der Waals surface area contributed by atoms with Gasteiger partial charge in [0.1, 0.15) is 0 Å². The molecule has 0 radical (unpaired) electrons. The topological polar surface area (TPSA) is 0 Å². The number of hydrogen-bond donors (Lipinski definition) is 0. The van der Waals surface area contributed by atoms with E-state index in [2.05, 4.69) is 13.8 Å². The predicted octanol–water partition coefficient (Wildman–Crippen LogP) is 10.7. The summed E-state index contributed by atoms with van der Waals surface area (Å²) in [5.74, 6) is 6.59. The zero-order valence-corrected chi connectivity index (χ0v) is 22.7. The Morgan fingerprint density at radius 2 is 0.909 bits per heavy atom. The van der Waals surface area contributed by atoms with Crippen molar-refractivity contribution in [1.29, 1.82) is 0 Å². The van der Waals surface area contributed by atoms with Crippen molar-refractivity contribution in [2.75, 3.05) is 0 Å². The highest BCUT2D eigenvalue weighted by atomic mass is 14.6. The molecule has 0 saturated heterocycles. The quantitative estimate of drug-likeness (QED) is 0.335. The zero-order chi connectivity index (χ0) is 22.7. The van der Waals surface area contributed by atoms with Crippen molar-refractivity contribution in [3.63, 3.8) is 0 Å². The maximum atomic E-state index is 2.41. The molecule has 0 heteroatoms. The second-order valence-corrected chi connectivity index (χ2v) is 14.5. The summed E-state index contributed by atoms with van der Waals surface area (Å²) < 4.78 is 0. The molecule has 5 aliphatic rings. The molecule has 0 nitrogen and oxygen atoms in total. The lowest BCUT2D eigenvalue weighted by Crippen LogP contribution is -2.50.